The number of ether oxygens (including phenoxy) is 1. The van der Waals surface area contributed by atoms with E-state index in [2.05, 4.69) is 44.4 Å². The molecule has 0 N–H and O–H groups in total. The maximum Gasteiger partial charge on any atom is 0.293 e. The molecule has 0 spiro atoms. The fourth-order valence-corrected chi connectivity index (χ4v) is 3.89. The number of hydrogen-bond acceptors (Lipinski definition) is 6. The lowest BCUT2D eigenvalue weighted by atomic mass is 10.3. The third-order valence-corrected chi connectivity index (χ3v) is 5.13. The van der Waals surface area contributed by atoms with Gasteiger partial charge in [0.25, 0.3) is 5.19 Å². The predicted molar refractivity (Wildman–Crippen MR) is 90.2 cm³/mol. The van der Waals surface area contributed by atoms with Gasteiger partial charge in [-0.25, -0.2) is 4.68 Å². The molecule has 2 heterocycles. The quantitative estimate of drug-likeness (QED) is 0.681. The molecule has 0 aliphatic rings. The summed E-state index contributed by atoms with van der Waals surface area (Å²) in [4.78, 5) is 2.17. The minimum atomic E-state index is 0.116. The van der Waals surface area contributed by atoms with E-state index in [1.165, 1.54) is 16.9 Å². The lowest BCUT2D eigenvalue weighted by Crippen LogP contribution is -2.22. The Kier molecular flexibility index (Phi) is 5.74. The van der Waals surface area contributed by atoms with Crippen LogP contribution in [0.4, 0.5) is 0 Å². The van der Waals surface area contributed by atoms with Crippen LogP contribution in [-0.2, 0) is 13.2 Å². The van der Waals surface area contributed by atoms with E-state index >= 15 is 0 Å². The van der Waals surface area contributed by atoms with Crippen molar-refractivity contribution in [2.24, 2.45) is 0 Å². The minimum absolute atomic E-state index is 0.116. The summed E-state index contributed by atoms with van der Waals surface area (Å²) < 4.78 is 9.27. The van der Waals surface area contributed by atoms with E-state index in [1.807, 2.05) is 13.8 Å². The van der Waals surface area contributed by atoms with E-state index in [0.717, 1.165) is 14.3 Å². The largest absolute Gasteiger partial charge is 0.466 e. The Bertz CT molecular complexity index is 619. The fourth-order valence-electron chi connectivity index (χ4n) is 1.64. The number of hydrogen-bond donors (Lipinski definition) is 0. The third kappa shape index (κ3) is 4.63. The van der Waals surface area contributed by atoms with Crippen molar-refractivity contribution in [3.05, 3.63) is 24.8 Å². The Morgan fingerprint density at radius 1 is 1.55 bits per heavy atom. The number of halogens is 1. The molecule has 0 fully saturated rings. The molecule has 2 aromatic rings. The van der Waals surface area contributed by atoms with Crippen molar-refractivity contribution in [1.29, 1.82) is 0 Å². The highest BCUT2D eigenvalue weighted by Gasteiger charge is 2.09. The molecule has 0 bridgehead atoms. The Morgan fingerprint density at radius 2 is 2.30 bits per heavy atom. The Labute approximate surface area is 140 Å². The first-order valence-corrected chi connectivity index (χ1v) is 9.00. The van der Waals surface area contributed by atoms with Crippen molar-refractivity contribution in [3.8, 4) is 5.19 Å². The smallest absolute Gasteiger partial charge is 0.293 e. The predicted octanol–water partition coefficient (Wildman–Crippen LogP) is 4.37. The molecule has 0 aromatic carbocycles. The molecule has 4 nitrogen and oxygen atoms in total. The van der Waals surface area contributed by atoms with E-state index in [0.29, 0.717) is 11.9 Å². The lowest BCUT2D eigenvalue weighted by Gasteiger charge is -2.15. The molecule has 20 heavy (non-hydrogen) atoms. The van der Waals surface area contributed by atoms with Crippen molar-refractivity contribution in [1.82, 2.24) is 14.7 Å². The summed E-state index contributed by atoms with van der Waals surface area (Å²) in [5.74, 6) is 0. The van der Waals surface area contributed by atoms with Crippen LogP contribution in [0.2, 0.25) is 0 Å². The van der Waals surface area contributed by atoms with E-state index in [9.17, 15) is 0 Å². The summed E-state index contributed by atoms with van der Waals surface area (Å²) in [5, 5.41) is 7.18. The van der Waals surface area contributed by atoms with Crippen LogP contribution in [-0.4, -0.2) is 27.8 Å². The normalized spacial score (nSPS) is 11.5. The third-order valence-electron chi connectivity index (χ3n) is 2.37. The summed E-state index contributed by atoms with van der Waals surface area (Å²) in [5.41, 5.74) is 1.28. The van der Waals surface area contributed by atoms with Gasteiger partial charge < -0.3 is 4.74 Å². The topological polar surface area (TPSA) is 30.3 Å². The van der Waals surface area contributed by atoms with Gasteiger partial charge in [0.2, 0.25) is 0 Å². The van der Waals surface area contributed by atoms with Gasteiger partial charge in [-0.15, -0.1) is 16.4 Å². The van der Waals surface area contributed by atoms with Gasteiger partial charge in [0, 0.05) is 6.54 Å². The molecule has 0 unspecified atom stereocenters. The highest BCUT2D eigenvalue weighted by atomic mass is 79.9. The summed E-state index contributed by atoms with van der Waals surface area (Å²) in [6.07, 6.45) is 0.116. The van der Waals surface area contributed by atoms with Crippen molar-refractivity contribution in [3.63, 3.8) is 0 Å². The minimum Gasteiger partial charge on any atom is -0.466 e. The summed E-state index contributed by atoms with van der Waals surface area (Å²) in [6.45, 7) is 5.48. The van der Waals surface area contributed by atoms with Crippen molar-refractivity contribution >= 4 is 50.8 Å². The van der Waals surface area contributed by atoms with Gasteiger partial charge in [-0.05, 0) is 77.4 Å². The van der Waals surface area contributed by atoms with Crippen LogP contribution < -0.4 is 4.74 Å². The van der Waals surface area contributed by atoms with Gasteiger partial charge >= 0.3 is 0 Å². The molecule has 0 saturated carbocycles. The average molecular weight is 394 g/mol. The number of nitrogens with zero attached hydrogens (tertiary/aromatic N) is 3. The van der Waals surface area contributed by atoms with E-state index in [-0.39, 0.29) is 6.10 Å². The monoisotopic (exact) mass is 393 g/mol. The lowest BCUT2D eigenvalue weighted by molar-refractivity contribution is 0.218. The van der Waals surface area contributed by atoms with Crippen LogP contribution in [0.25, 0.3) is 0 Å². The first-order chi connectivity index (χ1) is 9.44. The maximum absolute atomic E-state index is 5.58. The van der Waals surface area contributed by atoms with Gasteiger partial charge in [-0.1, -0.05) is 0 Å². The van der Waals surface area contributed by atoms with Crippen LogP contribution in [0.5, 0.6) is 5.19 Å². The molecule has 2 rings (SSSR count). The van der Waals surface area contributed by atoms with Gasteiger partial charge in [-0.3, -0.25) is 4.90 Å². The van der Waals surface area contributed by atoms with Crippen molar-refractivity contribution in [2.75, 3.05) is 7.05 Å². The van der Waals surface area contributed by atoms with Crippen molar-refractivity contribution in [2.45, 2.75) is 33.2 Å². The number of rotatable bonds is 6. The number of aromatic nitrogens is 2. The summed E-state index contributed by atoms with van der Waals surface area (Å²) >= 11 is 11.9. The molecule has 0 atom stereocenters. The molecule has 0 radical (unpaired) electrons. The van der Waals surface area contributed by atoms with Crippen LogP contribution >= 0.6 is 50.8 Å². The average Bonchev–Trinajstić information content (AvgIpc) is 2.85. The van der Waals surface area contributed by atoms with Crippen LogP contribution in [0.1, 0.15) is 19.4 Å². The highest BCUT2D eigenvalue weighted by molar-refractivity contribution is 9.11. The van der Waals surface area contributed by atoms with E-state index in [1.54, 1.807) is 16.0 Å². The first kappa shape index (κ1) is 16.1. The molecule has 0 aliphatic carbocycles. The second-order valence-electron chi connectivity index (χ2n) is 4.71. The fraction of sp³-hybridized carbons (Fsp3) is 0.500. The molecule has 0 saturated heterocycles. The molecular formula is C12H16BrN3OS3. The Hall–Kier alpha value is -0.280. The maximum atomic E-state index is 5.58. The summed E-state index contributed by atoms with van der Waals surface area (Å²) in [6, 6.07) is 2.13. The molecule has 110 valence electrons. The SMILES string of the molecule is CC(C)Oc1nn(CN(C)Cc2csc(Br)c2)c(=S)s1. The standard InChI is InChI=1S/C12H16BrN3OS3/c1-8(2)17-11-14-16(12(18)20-11)7-15(3)5-9-4-10(13)19-6-9/h4,6,8H,5,7H2,1-3H3. The van der Waals surface area contributed by atoms with Gasteiger partial charge in [-0.2, -0.15) is 0 Å². The highest BCUT2D eigenvalue weighted by Crippen LogP contribution is 2.22. The van der Waals surface area contributed by atoms with Crippen LogP contribution in [0.15, 0.2) is 15.2 Å². The van der Waals surface area contributed by atoms with Gasteiger partial charge in [0.05, 0.1) is 16.6 Å². The Morgan fingerprint density at radius 3 is 2.90 bits per heavy atom. The zero-order valence-electron chi connectivity index (χ0n) is 11.5. The molecule has 2 aromatic heterocycles. The Balaban J connectivity index is 1.98. The number of thiophene rings is 1. The second-order valence-corrected chi connectivity index (χ2v) is 8.59. The van der Waals surface area contributed by atoms with Gasteiger partial charge in [0.1, 0.15) is 0 Å². The van der Waals surface area contributed by atoms with E-state index < -0.39 is 0 Å². The first-order valence-electron chi connectivity index (χ1n) is 6.10. The van der Waals surface area contributed by atoms with E-state index in [4.69, 9.17) is 17.0 Å². The second kappa shape index (κ2) is 7.13. The molecule has 8 heteroatoms. The zero-order valence-corrected chi connectivity index (χ0v) is 15.5. The van der Waals surface area contributed by atoms with Gasteiger partial charge in [0.15, 0.2) is 3.95 Å². The van der Waals surface area contributed by atoms with Crippen molar-refractivity contribution < 1.29 is 4.74 Å². The molecule has 0 amide bonds. The van der Waals surface area contributed by atoms with Crippen LogP contribution in [0, 0.1) is 3.95 Å². The molecular weight excluding hydrogens is 378 g/mol. The molecule has 0 aliphatic heterocycles. The zero-order chi connectivity index (χ0) is 14.7. The van der Waals surface area contributed by atoms with Crippen LogP contribution in [0.3, 0.4) is 0 Å². The summed E-state index contributed by atoms with van der Waals surface area (Å²) in [7, 11) is 2.05.